The van der Waals surface area contributed by atoms with Gasteiger partial charge in [0, 0.05) is 12.6 Å². The lowest BCUT2D eigenvalue weighted by Crippen LogP contribution is -2.15. The van der Waals surface area contributed by atoms with Crippen LogP contribution in [0.5, 0.6) is 5.75 Å². The average Bonchev–Trinajstić information content (AvgIpc) is 3.30. The molecule has 1 N–H and O–H groups in total. The Hall–Kier alpha value is -0.540. The largest absolute Gasteiger partial charge is 0.492 e. The van der Waals surface area contributed by atoms with Crippen LogP contribution in [0.2, 0.25) is 0 Å². The van der Waals surface area contributed by atoms with Gasteiger partial charge in [-0.1, -0.05) is 45.1 Å². The van der Waals surface area contributed by atoms with Crippen LogP contribution in [0.1, 0.15) is 63.9 Å². The molecule has 0 aliphatic heterocycles. The fraction of sp³-hybridized carbons (Fsp3) is 0.667. The van der Waals surface area contributed by atoms with Crippen LogP contribution >= 0.6 is 15.9 Å². The van der Waals surface area contributed by atoms with Crippen molar-refractivity contribution < 1.29 is 4.74 Å². The van der Waals surface area contributed by atoms with Crippen molar-refractivity contribution in [1.29, 1.82) is 0 Å². The minimum Gasteiger partial charge on any atom is -0.492 e. The lowest BCUT2D eigenvalue weighted by Gasteiger charge is -2.10. The summed E-state index contributed by atoms with van der Waals surface area (Å²) in [6, 6.07) is 7.18. The van der Waals surface area contributed by atoms with E-state index >= 15 is 0 Å². The number of hydrogen-bond acceptors (Lipinski definition) is 2. The molecule has 0 aromatic heterocycles. The van der Waals surface area contributed by atoms with E-state index in [0.29, 0.717) is 0 Å². The van der Waals surface area contributed by atoms with E-state index in [4.69, 9.17) is 4.74 Å². The van der Waals surface area contributed by atoms with Gasteiger partial charge in [-0.25, -0.2) is 0 Å². The van der Waals surface area contributed by atoms with Crippen LogP contribution in [-0.2, 0) is 6.54 Å². The van der Waals surface area contributed by atoms with Crippen LogP contribution in [0.3, 0.4) is 0 Å². The fourth-order valence-electron chi connectivity index (χ4n) is 2.39. The highest BCUT2D eigenvalue weighted by Crippen LogP contribution is 2.27. The second-order valence-corrected chi connectivity index (χ2v) is 6.89. The average molecular weight is 354 g/mol. The maximum Gasteiger partial charge on any atom is 0.133 e. The molecule has 1 aliphatic carbocycles. The lowest BCUT2D eigenvalue weighted by molar-refractivity contribution is 0.302. The molecule has 2 nitrogen and oxygen atoms in total. The van der Waals surface area contributed by atoms with E-state index in [9.17, 15) is 0 Å². The molecule has 118 valence electrons. The zero-order chi connectivity index (χ0) is 14.9. The van der Waals surface area contributed by atoms with Crippen LogP contribution in [-0.4, -0.2) is 12.6 Å². The van der Waals surface area contributed by atoms with Crippen LogP contribution in [0, 0.1) is 0 Å². The maximum atomic E-state index is 5.87. The molecule has 21 heavy (non-hydrogen) atoms. The Bertz CT molecular complexity index is 418. The van der Waals surface area contributed by atoms with Gasteiger partial charge in [-0.2, -0.15) is 0 Å². The van der Waals surface area contributed by atoms with Gasteiger partial charge in [0.05, 0.1) is 11.1 Å². The van der Waals surface area contributed by atoms with E-state index in [1.165, 1.54) is 50.5 Å². The Morgan fingerprint density at radius 2 is 1.90 bits per heavy atom. The highest BCUT2D eigenvalue weighted by atomic mass is 79.9. The monoisotopic (exact) mass is 353 g/mol. The SMILES string of the molecule is CCCCCCCCOc1ccc(CNC2CC2)cc1Br. The van der Waals surface area contributed by atoms with Gasteiger partial charge >= 0.3 is 0 Å². The van der Waals surface area contributed by atoms with E-state index in [-0.39, 0.29) is 0 Å². The summed E-state index contributed by atoms with van der Waals surface area (Å²) in [6.07, 6.45) is 10.5. The van der Waals surface area contributed by atoms with E-state index in [1.807, 2.05) is 0 Å². The second kappa shape index (κ2) is 9.47. The Labute approximate surface area is 137 Å². The topological polar surface area (TPSA) is 21.3 Å². The predicted molar refractivity (Wildman–Crippen MR) is 92.9 cm³/mol. The number of rotatable bonds is 11. The summed E-state index contributed by atoms with van der Waals surface area (Å²) in [7, 11) is 0. The van der Waals surface area contributed by atoms with E-state index in [0.717, 1.165) is 35.8 Å². The molecule has 2 rings (SSSR count). The van der Waals surface area contributed by atoms with Crippen LogP contribution in [0.25, 0.3) is 0 Å². The Morgan fingerprint density at radius 1 is 1.14 bits per heavy atom. The van der Waals surface area contributed by atoms with Crippen molar-refractivity contribution in [2.75, 3.05) is 6.61 Å². The molecular formula is C18H28BrNO. The minimum absolute atomic E-state index is 0.757. The van der Waals surface area contributed by atoms with Gasteiger partial charge < -0.3 is 10.1 Å². The predicted octanol–water partition coefficient (Wildman–Crippen LogP) is 5.44. The highest BCUT2D eigenvalue weighted by Gasteiger charge is 2.19. The fourth-order valence-corrected chi connectivity index (χ4v) is 2.93. The molecule has 1 fully saturated rings. The molecular weight excluding hydrogens is 326 g/mol. The minimum atomic E-state index is 0.757. The summed E-state index contributed by atoms with van der Waals surface area (Å²) in [5, 5.41) is 3.53. The number of ether oxygens (including phenoxy) is 1. The zero-order valence-corrected chi connectivity index (χ0v) is 14.8. The first-order chi connectivity index (χ1) is 10.3. The summed E-state index contributed by atoms with van der Waals surface area (Å²) in [6.45, 7) is 4.04. The van der Waals surface area contributed by atoms with Gasteiger partial charge in [-0.3, -0.25) is 0 Å². The summed E-state index contributed by atoms with van der Waals surface area (Å²) in [5.41, 5.74) is 1.32. The standard InChI is InChI=1S/C18H28BrNO/c1-2-3-4-5-6-7-12-21-18-11-8-15(13-17(18)19)14-20-16-9-10-16/h8,11,13,16,20H,2-7,9-10,12,14H2,1H3. The molecule has 0 saturated heterocycles. The molecule has 0 atom stereocenters. The molecule has 0 spiro atoms. The van der Waals surface area contributed by atoms with Gasteiger partial charge in [0.15, 0.2) is 0 Å². The zero-order valence-electron chi connectivity index (χ0n) is 13.2. The maximum absolute atomic E-state index is 5.87. The molecule has 3 heteroatoms. The van der Waals surface area contributed by atoms with E-state index in [2.05, 4.69) is 46.4 Å². The van der Waals surface area contributed by atoms with Crippen molar-refractivity contribution in [1.82, 2.24) is 5.32 Å². The van der Waals surface area contributed by atoms with Crippen molar-refractivity contribution in [2.45, 2.75) is 70.9 Å². The molecule has 1 aromatic rings. The van der Waals surface area contributed by atoms with Crippen molar-refractivity contribution in [3.05, 3.63) is 28.2 Å². The summed E-state index contributed by atoms with van der Waals surface area (Å²) >= 11 is 3.62. The molecule has 0 radical (unpaired) electrons. The quantitative estimate of drug-likeness (QED) is 0.534. The van der Waals surface area contributed by atoms with Gasteiger partial charge in [0.2, 0.25) is 0 Å². The van der Waals surface area contributed by atoms with Crippen molar-refractivity contribution >= 4 is 15.9 Å². The smallest absolute Gasteiger partial charge is 0.133 e. The van der Waals surface area contributed by atoms with Gasteiger partial charge in [0.25, 0.3) is 0 Å². The first-order valence-corrected chi connectivity index (χ1v) is 9.23. The molecule has 0 unspecified atom stereocenters. The number of unbranched alkanes of at least 4 members (excludes halogenated alkanes) is 5. The molecule has 0 amide bonds. The van der Waals surface area contributed by atoms with Crippen molar-refractivity contribution in [3.63, 3.8) is 0 Å². The van der Waals surface area contributed by atoms with Gasteiger partial charge in [0.1, 0.15) is 5.75 Å². The molecule has 1 aliphatic rings. The third kappa shape index (κ3) is 6.84. The molecule has 0 heterocycles. The highest BCUT2D eigenvalue weighted by molar-refractivity contribution is 9.10. The first-order valence-electron chi connectivity index (χ1n) is 8.44. The van der Waals surface area contributed by atoms with E-state index < -0.39 is 0 Å². The summed E-state index contributed by atoms with van der Waals surface area (Å²) in [4.78, 5) is 0. The summed E-state index contributed by atoms with van der Waals surface area (Å²) in [5.74, 6) is 0.971. The lowest BCUT2D eigenvalue weighted by atomic mass is 10.1. The first kappa shape index (κ1) is 16.8. The molecule has 0 bridgehead atoms. The van der Waals surface area contributed by atoms with Gasteiger partial charge in [-0.15, -0.1) is 0 Å². The number of benzene rings is 1. The number of hydrogen-bond donors (Lipinski definition) is 1. The van der Waals surface area contributed by atoms with Crippen LogP contribution < -0.4 is 10.1 Å². The van der Waals surface area contributed by atoms with Crippen LogP contribution in [0.15, 0.2) is 22.7 Å². The van der Waals surface area contributed by atoms with Crippen LogP contribution in [0.4, 0.5) is 0 Å². The van der Waals surface area contributed by atoms with Gasteiger partial charge in [-0.05, 0) is 52.9 Å². The summed E-state index contributed by atoms with van der Waals surface area (Å²) < 4.78 is 6.94. The molecule has 1 saturated carbocycles. The number of nitrogens with one attached hydrogen (secondary N) is 1. The molecule has 1 aromatic carbocycles. The Morgan fingerprint density at radius 3 is 2.62 bits per heavy atom. The van der Waals surface area contributed by atoms with Crippen molar-refractivity contribution in [2.24, 2.45) is 0 Å². The normalized spacial score (nSPS) is 14.4. The Kier molecular flexibility index (Phi) is 7.59. The van der Waals surface area contributed by atoms with E-state index in [1.54, 1.807) is 0 Å². The third-order valence-electron chi connectivity index (χ3n) is 3.92. The number of halogens is 1. The van der Waals surface area contributed by atoms with Crippen molar-refractivity contribution in [3.8, 4) is 5.75 Å². The second-order valence-electron chi connectivity index (χ2n) is 6.04. The Balaban J connectivity index is 1.63. The third-order valence-corrected chi connectivity index (χ3v) is 4.54.